The maximum atomic E-state index is 5.95. The summed E-state index contributed by atoms with van der Waals surface area (Å²) < 4.78 is 11.0. The van der Waals surface area contributed by atoms with E-state index in [1.165, 1.54) is 18.4 Å². The minimum atomic E-state index is 0.228. The van der Waals surface area contributed by atoms with Gasteiger partial charge in [0, 0.05) is 6.04 Å². The summed E-state index contributed by atoms with van der Waals surface area (Å²) in [5.74, 6) is 1.65. The molecule has 1 unspecified atom stereocenters. The van der Waals surface area contributed by atoms with E-state index < -0.39 is 0 Å². The smallest absolute Gasteiger partial charge is 0.189 e. The molecule has 1 saturated carbocycles. The highest BCUT2D eigenvalue weighted by Crippen LogP contribution is 2.28. The van der Waals surface area contributed by atoms with Gasteiger partial charge in [0.15, 0.2) is 6.79 Å². The van der Waals surface area contributed by atoms with Gasteiger partial charge in [0.2, 0.25) is 0 Å². The van der Waals surface area contributed by atoms with Gasteiger partial charge >= 0.3 is 0 Å². The van der Waals surface area contributed by atoms with Crippen LogP contribution in [-0.4, -0.2) is 19.4 Å². The van der Waals surface area contributed by atoms with Crippen LogP contribution in [0.5, 0.6) is 5.75 Å². The van der Waals surface area contributed by atoms with Gasteiger partial charge in [-0.1, -0.05) is 19.1 Å². The second-order valence-electron chi connectivity index (χ2n) is 5.10. The van der Waals surface area contributed by atoms with Crippen molar-refractivity contribution < 1.29 is 9.47 Å². The fraction of sp³-hybridized carbons (Fsp3) is 0.600. The molecule has 1 fully saturated rings. The van der Waals surface area contributed by atoms with Crippen LogP contribution in [0.25, 0.3) is 0 Å². The van der Waals surface area contributed by atoms with Gasteiger partial charge < -0.3 is 15.2 Å². The van der Waals surface area contributed by atoms with Crippen LogP contribution in [0, 0.1) is 5.92 Å². The predicted octanol–water partition coefficient (Wildman–Crippen LogP) is 2.73. The van der Waals surface area contributed by atoms with E-state index in [0.717, 1.165) is 31.1 Å². The van der Waals surface area contributed by atoms with E-state index in [1.807, 2.05) is 12.1 Å². The zero-order chi connectivity index (χ0) is 12.8. The van der Waals surface area contributed by atoms with Gasteiger partial charge in [-0.05, 0) is 49.3 Å². The van der Waals surface area contributed by atoms with Crippen LogP contribution in [0.2, 0.25) is 0 Å². The molecule has 0 aliphatic heterocycles. The summed E-state index contributed by atoms with van der Waals surface area (Å²) in [6, 6.07) is 8.34. The Bertz CT molecular complexity index is 363. The number of hydrogen-bond acceptors (Lipinski definition) is 3. The molecule has 0 bridgehead atoms. The molecular weight excluding hydrogens is 226 g/mol. The highest BCUT2D eigenvalue weighted by molar-refractivity contribution is 5.28. The summed E-state index contributed by atoms with van der Waals surface area (Å²) >= 11 is 0. The molecule has 1 aliphatic carbocycles. The Morgan fingerprint density at radius 3 is 2.94 bits per heavy atom. The third kappa shape index (κ3) is 4.67. The number of nitrogens with two attached hydrogens (primary N) is 1. The summed E-state index contributed by atoms with van der Waals surface area (Å²) in [5, 5.41) is 0. The average Bonchev–Trinajstić information content (AvgIpc) is 3.19. The normalized spacial score (nSPS) is 16.6. The topological polar surface area (TPSA) is 44.5 Å². The Labute approximate surface area is 109 Å². The Morgan fingerprint density at radius 2 is 2.22 bits per heavy atom. The van der Waals surface area contributed by atoms with Crippen LogP contribution in [0.15, 0.2) is 24.3 Å². The summed E-state index contributed by atoms with van der Waals surface area (Å²) in [5.41, 5.74) is 7.18. The molecule has 1 aromatic carbocycles. The lowest BCUT2D eigenvalue weighted by Gasteiger charge is -2.11. The molecule has 0 amide bonds. The lowest BCUT2D eigenvalue weighted by molar-refractivity contribution is 0.00995. The van der Waals surface area contributed by atoms with Crippen molar-refractivity contribution in [2.75, 3.05) is 13.4 Å². The Balaban J connectivity index is 1.74. The number of benzene rings is 1. The SMILES string of the molecule is CCC(N)Cc1cccc(OCOCC2CC2)c1. The summed E-state index contributed by atoms with van der Waals surface area (Å²) in [6.45, 7) is 3.29. The van der Waals surface area contributed by atoms with Crippen LogP contribution in [0.1, 0.15) is 31.7 Å². The highest BCUT2D eigenvalue weighted by Gasteiger charge is 2.21. The first kappa shape index (κ1) is 13.4. The van der Waals surface area contributed by atoms with Gasteiger partial charge in [-0.25, -0.2) is 0 Å². The lowest BCUT2D eigenvalue weighted by Crippen LogP contribution is -2.21. The monoisotopic (exact) mass is 249 g/mol. The maximum absolute atomic E-state index is 5.95. The van der Waals surface area contributed by atoms with Crippen molar-refractivity contribution in [1.82, 2.24) is 0 Å². The van der Waals surface area contributed by atoms with E-state index in [1.54, 1.807) is 0 Å². The number of hydrogen-bond donors (Lipinski definition) is 1. The largest absolute Gasteiger partial charge is 0.468 e. The van der Waals surface area contributed by atoms with Crippen molar-refractivity contribution in [2.24, 2.45) is 11.7 Å². The van der Waals surface area contributed by atoms with E-state index in [0.29, 0.717) is 6.79 Å². The highest BCUT2D eigenvalue weighted by atomic mass is 16.7. The van der Waals surface area contributed by atoms with Crippen LogP contribution >= 0.6 is 0 Å². The Hall–Kier alpha value is -1.06. The Kier molecular flexibility index (Phi) is 5.02. The molecule has 2 rings (SSSR count). The van der Waals surface area contributed by atoms with Gasteiger partial charge in [-0.2, -0.15) is 0 Å². The number of rotatable bonds is 8. The van der Waals surface area contributed by atoms with Crippen molar-refractivity contribution in [3.05, 3.63) is 29.8 Å². The Morgan fingerprint density at radius 1 is 1.39 bits per heavy atom. The first-order chi connectivity index (χ1) is 8.78. The van der Waals surface area contributed by atoms with E-state index in [4.69, 9.17) is 15.2 Å². The van der Waals surface area contributed by atoms with Crippen molar-refractivity contribution >= 4 is 0 Å². The van der Waals surface area contributed by atoms with Crippen LogP contribution < -0.4 is 10.5 Å². The predicted molar refractivity (Wildman–Crippen MR) is 72.6 cm³/mol. The van der Waals surface area contributed by atoms with Gasteiger partial charge in [-0.15, -0.1) is 0 Å². The van der Waals surface area contributed by atoms with Crippen molar-refractivity contribution in [2.45, 2.75) is 38.6 Å². The van der Waals surface area contributed by atoms with Gasteiger partial charge in [0.25, 0.3) is 0 Å². The summed E-state index contributed by atoms with van der Waals surface area (Å²) in [6.07, 6.45) is 4.51. The first-order valence-electron chi connectivity index (χ1n) is 6.83. The quantitative estimate of drug-likeness (QED) is 0.569. The van der Waals surface area contributed by atoms with Crippen molar-refractivity contribution in [3.8, 4) is 5.75 Å². The van der Waals surface area contributed by atoms with Gasteiger partial charge in [-0.3, -0.25) is 0 Å². The molecule has 0 aromatic heterocycles. The first-order valence-corrected chi connectivity index (χ1v) is 6.83. The molecule has 0 spiro atoms. The maximum Gasteiger partial charge on any atom is 0.189 e. The fourth-order valence-corrected chi connectivity index (χ4v) is 1.82. The molecule has 100 valence electrons. The minimum absolute atomic E-state index is 0.228. The summed E-state index contributed by atoms with van der Waals surface area (Å²) in [7, 11) is 0. The molecule has 0 saturated heterocycles. The minimum Gasteiger partial charge on any atom is -0.468 e. The fourth-order valence-electron chi connectivity index (χ4n) is 1.82. The lowest BCUT2D eigenvalue weighted by atomic mass is 10.0. The summed E-state index contributed by atoms with van der Waals surface area (Å²) in [4.78, 5) is 0. The zero-order valence-corrected chi connectivity index (χ0v) is 11.1. The molecule has 1 aliphatic rings. The second kappa shape index (κ2) is 6.76. The van der Waals surface area contributed by atoms with E-state index in [9.17, 15) is 0 Å². The molecule has 18 heavy (non-hydrogen) atoms. The third-order valence-corrected chi connectivity index (χ3v) is 3.28. The van der Waals surface area contributed by atoms with Gasteiger partial charge in [0.05, 0.1) is 6.61 Å². The van der Waals surface area contributed by atoms with Crippen LogP contribution in [0.3, 0.4) is 0 Å². The van der Waals surface area contributed by atoms with E-state index >= 15 is 0 Å². The molecule has 0 heterocycles. The molecule has 3 nitrogen and oxygen atoms in total. The second-order valence-corrected chi connectivity index (χ2v) is 5.10. The molecular formula is C15H23NO2. The molecule has 1 atom stereocenters. The van der Waals surface area contributed by atoms with E-state index in [-0.39, 0.29) is 6.04 Å². The standard InChI is InChI=1S/C15H23NO2/c1-2-14(16)8-13-4-3-5-15(9-13)18-11-17-10-12-6-7-12/h3-5,9,12,14H,2,6-8,10-11,16H2,1H3. The van der Waals surface area contributed by atoms with Crippen molar-refractivity contribution in [3.63, 3.8) is 0 Å². The van der Waals surface area contributed by atoms with E-state index in [2.05, 4.69) is 19.1 Å². The third-order valence-electron chi connectivity index (χ3n) is 3.28. The molecule has 2 N–H and O–H groups in total. The molecule has 0 radical (unpaired) electrons. The molecule has 1 aromatic rings. The zero-order valence-electron chi connectivity index (χ0n) is 11.1. The van der Waals surface area contributed by atoms with Gasteiger partial charge in [0.1, 0.15) is 5.75 Å². The van der Waals surface area contributed by atoms with Crippen LogP contribution in [0.4, 0.5) is 0 Å². The average molecular weight is 249 g/mol. The molecule has 3 heteroatoms. The number of ether oxygens (including phenoxy) is 2. The van der Waals surface area contributed by atoms with Crippen LogP contribution in [-0.2, 0) is 11.2 Å². The van der Waals surface area contributed by atoms with Crippen molar-refractivity contribution in [1.29, 1.82) is 0 Å².